The molecule has 100 valence electrons. The van der Waals surface area contributed by atoms with E-state index in [2.05, 4.69) is 11.1 Å². The normalized spacial score (nSPS) is 17.9. The molecule has 1 saturated heterocycles. The molecule has 4 heteroatoms. The summed E-state index contributed by atoms with van der Waals surface area (Å²) in [7, 11) is 0. The standard InChI is InChI=1S/C16H14N2O2/c1-2-12-5-7-13(8-6-12)16(19)18-10-3-4-15(18)14-9-11-20-17-14/h1,5-9,11,15H,3-4,10H2/t15-/m1/s1. The molecule has 0 bridgehead atoms. The summed E-state index contributed by atoms with van der Waals surface area (Å²) in [6, 6.07) is 8.94. The number of carbonyl (C=O) groups excluding carboxylic acids is 1. The summed E-state index contributed by atoms with van der Waals surface area (Å²) in [5.41, 5.74) is 2.24. The van der Waals surface area contributed by atoms with Crippen LogP contribution in [0.1, 0.15) is 40.5 Å². The molecule has 1 aromatic heterocycles. The predicted molar refractivity (Wildman–Crippen MR) is 73.9 cm³/mol. The van der Waals surface area contributed by atoms with Gasteiger partial charge in [-0.05, 0) is 37.1 Å². The predicted octanol–water partition coefficient (Wildman–Crippen LogP) is 2.63. The van der Waals surface area contributed by atoms with Crippen LogP contribution in [0.5, 0.6) is 0 Å². The first kappa shape index (κ1) is 12.5. The number of likely N-dealkylation sites (tertiary alicyclic amines) is 1. The molecule has 1 amide bonds. The van der Waals surface area contributed by atoms with Crippen LogP contribution in [-0.2, 0) is 0 Å². The second-order valence-corrected chi connectivity index (χ2v) is 4.80. The molecule has 0 unspecified atom stereocenters. The van der Waals surface area contributed by atoms with Gasteiger partial charge in [0.2, 0.25) is 0 Å². The summed E-state index contributed by atoms with van der Waals surface area (Å²) in [6.07, 6.45) is 8.76. The smallest absolute Gasteiger partial charge is 0.254 e. The lowest BCUT2D eigenvalue weighted by Crippen LogP contribution is -2.30. The Morgan fingerprint density at radius 2 is 2.15 bits per heavy atom. The second-order valence-electron chi connectivity index (χ2n) is 4.80. The lowest BCUT2D eigenvalue weighted by atomic mass is 10.1. The van der Waals surface area contributed by atoms with Crippen LogP contribution in [0.2, 0.25) is 0 Å². The number of aromatic nitrogens is 1. The molecule has 0 N–H and O–H groups in total. The van der Waals surface area contributed by atoms with Crippen LogP contribution in [-0.4, -0.2) is 22.5 Å². The van der Waals surface area contributed by atoms with Crippen LogP contribution in [0.25, 0.3) is 0 Å². The van der Waals surface area contributed by atoms with Gasteiger partial charge in [0.15, 0.2) is 0 Å². The Morgan fingerprint density at radius 3 is 2.80 bits per heavy atom. The minimum Gasteiger partial charge on any atom is -0.364 e. The van der Waals surface area contributed by atoms with Crippen molar-refractivity contribution in [1.82, 2.24) is 10.1 Å². The minimum absolute atomic E-state index is 0.00793. The fourth-order valence-corrected chi connectivity index (χ4v) is 2.59. The Morgan fingerprint density at radius 1 is 1.35 bits per heavy atom. The van der Waals surface area contributed by atoms with Crippen LogP contribution in [0, 0.1) is 12.3 Å². The molecule has 2 aromatic rings. The Labute approximate surface area is 117 Å². The number of nitrogens with zero attached hydrogens (tertiary/aromatic N) is 2. The van der Waals surface area contributed by atoms with E-state index in [0.717, 1.165) is 30.6 Å². The van der Waals surface area contributed by atoms with Gasteiger partial charge < -0.3 is 9.42 Å². The summed E-state index contributed by atoms with van der Waals surface area (Å²) in [5.74, 6) is 2.56. The van der Waals surface area contributed by atoms with Crippen molar-refractivity contribution in [1.29, 1.82) is 0 Å². The van der Waals surface area contributed by atoms with E-state index in [1.807, 2.05) is 11.0 Å². The monoisotopic (exact) mass is 266 g/mol. The van der Waals surface area contributed by atoms with Gasteiger partial charge in [-0.1, -0.05) is 11.1 Å². The minimum atomic E-state index is 0.00793. The molecular weight excluding hydrogens is 252 g/mol. The van der Waals surface area contributed by atoms with Crippen molar-refractivity contribution in [3.8, 4) is 12.3 Å². The lowest BCUT2D eigenvalue weighted by molar-refractivity contribution is 0.0731. The van der Waals surface area contributed by atoms with Crippen LogP contribution < -0.4 is 0 Å². The third-order valence-corrected chi connectivity index (χ3v) is 3.61. The van der Waals surface area contributed by atoms with E-state index in [9.17, 15) is 4.79 Å². The van der Waals surface area contributed by atoms with E-state index in [-0.39, 0.29) is 11.9 Å². The van der Waals surface area contributed by atoms with Crippen molar-refractivity contribution in [3.05, 3.63) is 53.4 Å². The van der Waals surface area contributed by atoms with Crippen LogP contribution in [0.3, 0.4) is 0 Å². The highest BCUT2D eigenvalue weighted by Crippen LogP contribution is 2.32. The summed E-state index contributed by atoms with van der Waals surface area (Å²) in [5, 5.41) is 3.96. The van der Waals surface area contributed by atoms with Crippen LogP contribution in [0.15, 0.2) is 41.1 Å². The number of carbonyl (C=O) groups is 1. The molecule has 1 fully saturated rings. The molecule has 1 aliphatic heterocycles. The maximum atomic E-state index is 12.6. The first-order chi connectivity index (χ1) is 9.79. The molecule has 1 aliphatic rings. The van der Waals surface area contributed by atoms with Gasteiger partial charge in [-0.25, -0.2) is 0 Å². The average Bonchev–Trinajstić information content (AvgIpc) is 3.16. The van der Waals surface area contributed by atoms with Crippen molar-refractivity contribution in [2.45, 2.75) is 18.9 Å². The zero-order valence-electron chi connectivity index (χ0n) is 11.0. The van der Waals surface area contributed by atoms with E-state index in [1.54, 1.807) is 24.3 Å². The Kier molecular flexibility index (Phi) is 3.26. The molecule has 2 heterocycles. The topological polar surface area (TPSA) is 46.3 Å². The molecule has 4 nitrogen and oxygen atoms in total. The van der Waals surface area contributed by atoms with Crippen molar-refractivity contribution < 1.29 is 9.32 Å². The molecule has 0 saturated carbocycles. The summed E-state index contributed by atoms with van der Waals surface area (Å²) >= 11 is 0. The summed E-state index contributed by atoms with van der Waals surface area (Å²) < 4.78 is 4.88. The molecule has 1 atom stereocenters. The lowest BCUT2D eigenvalue weighted by Gasteiger charge is -2.23. The SMILES string of the molecule is C#Cc1ccc(C(=O)N2CCC[C@@H]2c2ccon2)cc1. The number of terminal acetylenes is 1. The number of benzene rings is 1. The second kappa shape index (κ2) is 5.22. The zero-order valence-corrected chi connectivity index (χ0v) is 11.0. The summed E-state index contributed by atoms with van der Waals surface area (Å²) in [6.45, 7) is 0.743. The van der Waals surface area contributed by atoms with Gasteiger partial charge in [0, 0.05) is 23.7 Å². The highest BCUT2D eigenvalue weighted by molar-refractivity contribution is 5.94. The fraction of sp³-hybridized carbons (Fsp3) is 0.250. The Bertz CT molecular complexity index is 638. The van der Waals surface area contributed by atoms with Crippen molar-refractivity contribution in [2.75, 3.05) is 6.54 Å². The van der Waals surface area contributed by atoms with Crippen molar-refractivity contribution in [3.63, 3.8) is 0 Å². The molecule has 0 radical (unpaired) electrons. The number of hydrogen-bond acceptors (Lipinski definition) is 3. The van der Waals surface area contributed by atoms with Crippen LogP contribution >= 0.6 is 0 Å². The highest BCUT2D eigenvalue weighted by atomic mass is 16.5. The Hall–Kier alpha value is -2.54. The van der Waals surface area contributed by atoms with Gasteiger partial charge in [0.25, 0.3) is 5.91 Å². The molecule has 0 aliphatic carbocycles. The largest absolute Gasteiger partial charge is 0.364 e. The van der Waals surface area contributed by atoms with Gasteiger partial charge in [-0.15, -0.1) is 6.42 Å². The van der Waals surface area contributed by atoms with Crippen LogP contribution in [0.4, 0.5) is 0 Å². The first-order valence-corrected chi connectivity index (χ1v) is 6.57. The Balaban J connectivity index is 1.84. The quantitative estimate of drug-likeness (QED) is 0.785. The van der Waals surface area contributed by atoms with Crippen molar-refractivity contribution in [2.24, 2.45) is 0 Å². The maximum absolute atomic E-state index is 12.6. The van der Waals surface area contributed by atoms with E-state index >= 15 is 0 Å². The first-order valence-electron chi connectivity index (χ1n) is 6.57. The van der Waals surface area contributed by atoms with E-state index in [0.29, 0.717) is 5.56 Å². The maximum Gasteiger partial charge on any atom is 0.254 e. The molecule has 3 rings (SSSR count). The number of amides is 1. The van der Waals surface area contributed by atoms with E-state index < -0.39 is 0 Å². The fourth-order valence-electron chi connectivity index (χ4n) is 2.59. The molecule has 0 spiro atoms. The third kappa shape index (κ3) is 2.19. The summed E-state index contributed by atoms with van der Waals surface area (Å²) in [4.78, 5) is 14.4. The number of hydrogen-bond donors (Lipinski definition) is 0. The van der Waals surface area contributed by atoms with Gasteiger partial charge in [-0.3, -0.25) is 4.79 Å². The average molecular weight is 266 g/mol. The zero-order chi connectivity index (χ0) is 13.9. The number of rotatable bonds is 2. The van der Waals surface area contributed by atoms with Gasteiger partial charge in [-0.2, -0.15) is 0 Å². The van der Waals surface area contributed by atoms with E-state index in [4.69, 9.17) is 10.9 Å². The molecule has 20 heavy (non-hydrogen) atoms. The molecular formula is C16H14N2O2. The van der Waals surface area contributed by atoms with E-state index in [1.165, 1.54) is 6.26 Å². The highest BCUT2D eigenvalue weighted by Gasteiger charge is 2.32. The van der Waals surface area contributed by atoms with Gasteiger partial charge in [0.05, 0.1) is 6.04 Å². The van der Waals surface area contributed by atoms with Gasteiger partial charge >= 0.3 is 0 Å². The molecule has 1 aromatic carbocycles. The van der Waals surface area contributed by atoms with Gasteiger partial charge in [0.1, 0.15) is 12.0 Å². The third-order valence-electron chi connectivity index (χ3n) is 3.61. The van der Waals surface area contributed by atoms with Crippen molar-refractivity contribution >= 4 is 5.91 Å².